The maximum absolute atomic E-state index is 11.8. The molecule has 0 spiro atoms. The van der Waals surface area contributed by atoms with Crippen molar-refractivity contribution in [1.29, 1.82) is 0 Å². The minimum absolute atomic E-state index is 0.0863. The third kappa shape index (κ3) is 3.59. The molecule has 0 aliphatic heterocycles. The number of ether oxygens (including phenoxy) is 1. The molecule has 0 saturated carbocycles. The summed E-state index contributed by atoms with van der Waals surface area (Å²) in [5.41, 5.74) is 2.16. The van der Waals surface area contributed by atoms with Gasteiger partial charge in [-0.2, -0.15) is 5.10 Å². The van der Waals surface area contributed by atoms with Crippen LogP contribution in [0.25, 0.3) is 0 Å². The molecule has 1 aliphatic carbocycles. The smallest absolute Gasteiger partial charge is 0.341 e. The van der Waals surface area contributed by atoms with E-state index in [-0.39, 0.29) is 12.2 Å². The number of hydrogen-bond acceptors (Lipinski definition) is 4. The molecule has 1 aromatic heterocycles. The van der Waals surface area contributed by atoms with Gasteiger partial charge in [0.15, 0.2) is 6.61 Å². The second-order valence-electron chi connectivity index (χ2n) is 5.73. The average Bonchev–Trinajstić information content (AvgIpc) is 2.54. The van der Waals surface area contributed by atoms with E-state index >= 15 is 0 Å². The standard InChI is InChI=1S/C17H18N2O4/c20-16-5-2-8-18-19(16)10-12-6-7-14-13(9-12)3-1-4-15(14)23-11-17(21)22/h1-5,8,12H,6-7,9-11H2,(H,21,22). The number of fused-ring (bicyclic) bond motifs is 1. The Bertz CT molecular complexity index is 769. The fraction of sp³-hybridized carbons (Fsp3) is 0.353. The van der Waals surface area contributed by atoms with Crippen LogP contribution in [0.5, 0.6) is 5.75 Å². The minimum atomic E-state index is -0.981. The lowest BCUT2D eigenvalue weighted by Crippen LogP contribution is -2.28. The van der Waals surface area contributed by atoms with Crippen molar-refractivity contribution in [3.63, 3.8) is 0 Å². The van der Waals surface area contributed by atoms with Crippen molar-refractivity contribution in [3.05, 3.63) is 58.0 Å². The molecule has 23 heavy (non-hydrogen) atoms. The van der Waals surface area contributed by atoms with Crippen LogP contribution in [-0.4, -0.2) is 27.5 Å². The van der Waals surface area contributed by atoms with Crippen molar-refractivity contribution >= 4 is 5.97 Å². The molecule has 3 rings (SSSR count). The summed E-state index contributed by atoms with van der Waals surface area (Å²) < 4.78 is 6.87. The molecule has 6 heteroatoms. The number of carboxylic acids is 1. The number of rotatable bonds is 5. The number of aliphatic carboxylic acids is 1. The van der Waals surface area contributed by atoms with Crippen LogP contribution in [0.15, 0.2) is 41.3 Å². The Labute approximate surface area is 133 Å². The molecule has 0 amide bonds. The van der Waals surface area contributed by atoms with E-state index in [1.807, 2.05) is 18.2 Å². The van der Waals surface area contributed by atoms with Gasteiger partial charge in [-0.1, -0.05) is 12.1 Å². The molecule has 1 heterocycles. The van der Waals surface area contributed by atoms with Gasteiger partial charge in [0.2, 0.25) is 0 Å². The molecule has 120 valence electrons. The Kier molecular flexibility index (Phi) is 4.41. The second-order valence-corrected chi connectivity index (χ2v) is 5.73. The normalized spacial score (nSPS) is 16.6. The van der Waals surface area contributed by atoms with E-state index in [0.717, 1.165) is 30.4 Å². The first-order valence-electron chi connectivity index (χ1n) is 7.61. The van der Waals surface area contributed by atoms with Crippen LogP contribution in [-0.2, 0) is 24.2 Å². The zero-order valence-electron chi connectivity index (χ0n) is 12.6. The Balaban J connectivity index is 1.74. The van der Waals surface area contributed by atoms with Gasteiger partial charge in [-0.25, -0.2) is 9.48 Å². The van der Waals surface area contributed by atoms with Crippen LogP contribution < -0.4 is 10.3 Å². The molecule has 2 aromatic rings. The molecule has 0 bridgehead atoms. The van der Waals surface area contributed by atoms with Crippen LogP contribution in [0, 0.1) is 5.92 Å². The molecule has 1 unspecified atom stereocenters. The summed E-state index contributed by atoms with van der Waals surface area (Å²) in [7, 11) is 0. The molecule has 1 aromatic carbocycles. The van der Waals surface area contributed by atoms with Gasteiger partial charge in [-0.15, -0.1) is 0 Å². The van der Waals surface area contributed by atoms with E-state index in [9.17, 15) is 9.59 Å². The average molecular weight is 314 g/mol. The Morgan fingerprint density at radius 2 is 2.22 bits per heavy atom. The third-order valence-electron chi connectivity index (χ3n) is 4.11. The van der Waals surface area contributed by atoms with Gasteiger partial charge in [0.1, 0.15) is 5.75 Å². The van der Waals surface area contributed by atoms with Crippen molar-refractivity contribution in [3.8, 4) is 5.75 Å². The SMILES string of the molecule is O=C(O)COc1cccc2c1CCC(Cn1ncccc1=O)C2. The van der Waals surface area contributed by atoms with Gasteiger partial charge in [-0.05, 0) is 48.4 Å². The highest BCUT2D eigenvalue weighted by atomic mass is 16.5. The first kappa shape index (κ1) is 15.3. The van der Waals surface area contributed by atoms with Crippen LogP contribution in [0.4, 0.5) is 0 Å². The van der Waals surface area contributed by atoms with Crippen molar-refractivity contribution in [2.45, 2.75) is 25.8 Å². The number of nitrogens with zero attached hydrogens (tertiary/aromatic N) is 2. The topological polar surface area (TPSA) is 81.4 Å². The summed E-state index contributed by atoms with van der Waals surface area (Å²) in [6.07, 6.45) is 4.19. The highest BCUT2D eigenvalue weighted by molar-refractivity contribution is 5.68. The first-order chi connectivity index (χ1) is 11.1. The summed E-state index contributed by atoms with van der Waals surface area (Å²) in [5, 5.41) is 12.9. The predicted molar refractivity (Wildman–Crippen MR) is 83.6 cm³/mol. The summed E-state index contributed by atoms with van der Waals surface area (Å²) >= 11 is 0. The fourth-order valence-electron chi connectivity index (χ4n) is 3.05. The van der Waals surface area contributed by atoms with Crippen molar-refractivity contribution in [2.75, 3.05) is 6.61 Å². The Morgan fingerprint density at radius 3 is 3.00 bits per heavy atom. The van der Waals surface area contributed by atoms with Gasteiger partial charge in [-0.3, -0.25) is 4.79 Å². The van der Waals surface area contributed by atoms with Crippen LogP contribution in [0.1, 0.15) is 17.5 Å². The van der Waals surface area contributed by atoms with E-state index in [0.29, 0.717) is 18.2 Å². The number of hydrogen-bond donors (Lipinski definition) is 1. The number of aromatic nitrogens is 2. The van der Waals surface area contributed by atoms with Crippen molar-refractivity contribution in [1.82, 2.24) is 9.78 Å². The molecule has 0 radical (unpaired) electrons. The molecule has 6 nitrogen and oxygen atoms in total. The summed E-state index contributed by atoms with van der Waals surface area (Å²) in [4.78, 5) is 22.4. The van der Waals surface area contributed by atoms with Crippen LogP contribution in [0.2, 0.25) is 0 Å². The maximum Gasteiger partial charge on any atom is 0.341 e. The van der Waals surface area contributed by atoms with Gasteiger partial charge in [0.25, 0.3) is 5.56 Å². The van der Waals surface area contributed by atoms with Gasteiger partial charge in [0, 0.05) is 18.8 Å². The minimum Gasteiger partial charge on any atom is -0.482 e. The van der Waals surface area contributed by atoms with Crippen molar-refractivity contribution < 1.29 is 14.6 Å². The lowest BCUT2D eigenvalue weighted by atomic mass is 9.83. The quantitative estimate of drug-likeness (QED) is 0.905. The largest absolute Gasteiger partial charge is 0.482 e. The zero-order valence-corrected chi connectivity index (χ0v) is 12.6. The fourth-order valence-corrected chi connectivity index (χ4v) is 3.05. The zero-order chi connectivity index (χ0) is 16.2. The van der Waals surface area contributed by atoms with E-state index < -0.39 is 5.97 Å². The Hall–Kier alpha value is -2.63. The molecule has 0 saturated heterocycles. The second kappa shape index (κ2) is 6.64. The van der Waals surface area contributed by atoms with E-state index in [1.54, 1.807) is 12.3 Å². The van der Waals surface area contributed by atoms with Crippen LogP contribution in [0.3, 0.4) is 0 Å². The summed E-state index contributed by atoms with van der Waals surface area (Å²) in [5.74, 6) is 0.00833. The Morgan fingerprint density at radius 1 is 1.35 bits per heavy atom. The monoisotopic (exact) mass is 314 g/mol. The van der Waals surface area contributed by atoms with E-state index in [1.165, 1.54) is 10.7 Å². The van der Waals surface area contributed by atoms with Gasteiger partial charge < -0.3 is 9.84 Å². The highest BCUT2D eigenvalue weighted by Gasteiger charge is 2.22. The van der Waals surface area contributed by atoms with Crippen LogP contribution >= 0.6 is 0 Å². The molecular weight excluding hydrogens is 296 g/mol. The number of carboxylic acid groups (broad SMARTS) is 1. The van der Waals surface area contributed by atoms with Crippen molar-refractivity contribution in [2.24, 2.45) is 5.92 Å². The highest BCUT2D eigenvalue weighted by Crippen LogP contribution is 2.32. The number of benzene rings is 1. The first-order valence-corrected chi connectivity index (χ1v) is 7.61. The van der Waals surface area contributed by atoms with Gasteiger partial charge >= 0.3 is 5.97 Å². The number of carbonyl (C=O) groups is 1. The molecule has 0 fully saturated rings. The lowest BCUT2D eigenvalue weighted by Gasteiger charge is -2.26. The predicted octanol–water partition coefficient (Wildman–Crippen LogP) is 1.51. The third-order valence-corrected chi connectivity index (χ3v) is 4.11. The molecule has 1 N–H and O–H groups in total. The van der Waals surface area contributed by atoms with E-state index in [2.05, 4.69) is 5.10 Å². The molecule has 1 aliphatic rings. The molecule has 1 atom stereocenters. The van der Waals surface area contributed by atoms with E-state index in [4.69, 9.17) is 9.84 Å². The van der Waals surface area contributed by atoms with Gasteiger partial charge in [0.05, 0.1) is 0 Å². The molecular formula is C17H18N2O4. The summed E-state index contributed by atoms with van der Waals surface area (Å²) in [6, 6.07) is 8.88. The summed E-state index contributed by atoms with van der Waals surface area (Å²) in [6.45, 7) is 0.266. The maximum atomic E-state index is 11.8. The lowest BCUT2D eigenvalue weighted by molar-refractivity contribution is -0.139.